The predicted molar refractivity (Wildman–Crippen MR) is 97.0 cm³/mol. The molecule has 6 nitrogen and oxygen atoms in total. The lowest BCUT2D eigenvalue weighted by molar-refractivity contribution is -0.139. The van der Waals surface area contributed by atoms with Crippen LogP contribution >= 0.6 is 23.4 Å². The van der Waals surface area contributed by atoms with Gasteiger partial charge in [-0.15, -0.1) is 11.8 Å². The first-order chi connectivity index (χ1) is 12.0. The minimum Gasteiger partial charge on any atom is -0.322 e. The second-order valence-corrected chi connectivity index (χ2v) is 7.79. The van der Waals surface area contributed by atoms with Gasteiger partial charge in [0, 0.05) is 10.8 Å². The third-order valence-electron chi connectivity index (χ3n) is 4.52. The third kappa shape index (κ3) is 4.10. The van der Waals surface area contributed by atoms with Gasteiger partial charge in [-0.1, -0.05) is 43.0 Å². The average molecular weight is 382 g/mol. The third-order valence-corrected chi connectivity index (χ3v) is 5.78. The second-order valence-electron chi connectivity index (χ2n) is 6.37. The molecule has 0 radical (unpaired) electrons. The maximum atomic E-state index is 12.6. The second kappa shape index (κ2) is 7.66. The molecule has 1 aromatic rings. The first-order valence-electron chi connectivity index (χ1n) is 8.29. The van der Waals surface area contributed by atoms with E-state index in [4.69, 9.17) is 11.6 Å². The molecule has 3 rings (SSSR count). The lowest BCUT2D eigenvalue weighted by atomic mass is 9.82. The fourth-order valence-corrected chi connectivity index (χ4v) is 4.12. The van der Waals surface area contributed by atoms with E-state index in [0.717, 1.165) is 29.8 Å². The number of thioether (sulfide) groups is 1. The Labute approximate surface area is 155 Å². The molecule has 1 aromatic carbocycles. The molecule has 134 valence electrons. The quantitative estimate of drug-likeness (QED) is 0.769. The van der Waals surface area contributed by atoms with Crippen LogP contribution in [0.3, 0.4) is 0 Å². The molecule has 1 spiro atoms. The molecular formula is C17H20ClN3O3S. The Hall–Kier alpha value is -1.73. The highest BCUT2D eigenvalue weighted by atomic mass is 35.5. The molecular weight excluding hydrogens is 362 g/mol. The number of nitrogens with one attached hydrogen (secondary N) is 2. The van der Waals surface area contributed by atoms with E-state index in [1.165, 1.54) is 11.8 Å². The molecule has 0 aromatic heterocycles. The van der Waals surface area contributed by atoms with Crippen LogP contribution in [0.5, 0.6) is 0 Å². The van der Waals surface area contributed by atoms with Crippen molar-refractivity contribution in [1.29, 1.82) is 0 Å². The smallest absolute Gasteiger partial charge is 0.322 e. The number of hydrogen-bond acceptors (Lipinski definition) is 4. The van der Waals surface area contributed by atoms with Gasteiger partial charge in [0.05, 0.1) is 5.75 Å². The SMILES string of the molecule is O=C(CSCc1ccc(Cl)cc1)NN1C(=O)NC2(CCCCC2)C1=O. The standard InChI is InChI=1S/C17H20ClN3O3S/c18-13-6-4-12(5-7-13)10-25-11-14(22)20-21-15(23)17(19-16(21)24)8-2-1-3-9-17/h4-7H,1-3,8-11H2,(H,19,24)(H,20,22). The van der Waals surface area contributed by atoms with Gasteiger partial charge in [-0.25, -0.2) is 4.79 Å². The van der Waals surface area contributed by atoms with E-state index in [2.05, 4.69) is 10.7 Å². The number of nitrogens with zero attached hydrogens (tertiary/aromatic N) is 1. The van der Waals surface area contributed by atoms with Crippen LogP contribution in [-0.2, 0) is 15.3 Å². The summed E-state index contributed by atoms with van der Waals surface area (Å²) in [4.78, 5) is 36.7. The Morgan fingerprint density at radius 2 is 1.88 bits per heavy atom. The summed E-state index contributed by atoms with van der Waals surface area (Å²) in [7, 11) is 0. The number of urea groups is 1. The predicted octanol–water partition coefficient (Wildman–Crippen LogP) is 2.86. The molecule has 25 heavy (non-hydrogen) atoms. The van der Waals surface area contributed by atoms with Crippen molar-refractivity contribution in [2.24, 2.45) is 0 Å². The first-order valence-corrected chi connectivity index (χ1v) is 9.82. The molecule has 0 bridgehead atoms. The summed E-state index contributed by atoms with van der Waals surface area (Å²) in [5.41, 5.74) is 2.67. The molecule has 1 aliphatic heterocycles. The summed E-state index contributed by atoms with van der Waals surface area (Å²) < 4.78 is 0. The van der Waals surface area contributed by atoms with E-state index < -0.39 is 11.6 Å². The molecule has 1 saturated heterocycles. The normalized spacial score (nSPS) is 19.2. The number of halogens is 1. The van der Waals surface area contributed by atoms with E-state index in [0.29, 0.717) is 23.6 Å². The van der Waals surface area contributed by atoms with E-state index in [9.17, 15) is 14.4 Å². The van der Waals surface area contributed by atoms with Crippen LogP contribution in [0, 0.1) is 0 Å². The Balaban J connectivity index is 1.49. The lowest BCUT2D eigenvalue weighted by Gasteiger charge is -2.30. The summed E-state index contributed by atoms with van der Waals surface area (Å²) >= 11 is 7.24. The zero-order chi connectivity index (χ0) is 17.9. The topological polar surface area (TPSA) is 78.5 Å². The van der Waals surface area contributed by atoms with E-state index in [1.807, 2.05) is 12.1 Å². The van der Waals surface area contributed by atoms with Crippen LogP contribution < -0.4 is 10.7 Å². The van der Waals surface area contributed by atoms with Crippen LogP contribution in [0.25, 0.3) is 0 Å². The fraction of sp³-hybridized carbons (Fsp3) is 0.471. The number of hydrazine groups is 1. The number of benzene rings is 1. The largest absolute Gasteiger partial charge is 0.344 e. The number of hydrogen-bond donors (Lipinski definition) is 2. The maximum absolute atomic E-state index is 12.6. The highest BCUT2D eigenvalue weighted by Gasteiger charge is 2.52. The number of carbonyl (C=O) groups excluding carboxylic acids is 3. The number of carbonyl (C=O) groups is 3. The maximum Gasteiger partial charge on any atom is 0.344 e. The van der Waals surface area contributed by atoms with Crippen LogP contribution in [-0.4, -0.2) is 34.1 Å². The van der Waals surface area contributed by atoms with Crippen molar-refractivity contribution in [1.82, 2.24) is 15.8 Å². The molecule has 2 N–H and O–H groups in total. The molecule has 1 aliphatic carbocycles. The van der Waals surface area contributed by atoms with Crippen LogP contribution in [0.1, 0.15) is 37.7 Å². The van der Waals surface area contributed by atoms with Crippen LogP contribution in [0.15, 0.2) is 24.3 Å². The van der Waals surface area contributed by atoms with Gasteiger partial charge < -0.3 is 5.32 Å². The van der Waals surface area contributed by atoms with Crippen molar-refractivity contribution in [2.45, 2.75) is 43.4 Å². The van der Waals surface area contributed by atoms with Gasteiger partial charge in [0.2, 0.25) is 5.91 Å². The van der Waals surface area contributed by atoms with Crippen molar-refractivity contribution >= 4 is 41.2 Å². The molecule has 2 fully saturated rings. The van der Waals surface area contributed by atoms with Crippen molar-refractivity contribution in [3.05, 3.63) is 34.9 Å². The van der Waals surface area contributed by atoms with E-state index in [-0.39, 0.29) is 17.6 Å². The van der Waals surface area contributed by atoms with E-state index >= 15 is 0 Å². The summed E-state index contributed by atoms with van der Waals surface area (Å²) in [6.45, 7) is 0. The average Bonchev–Trinajstić information content (AvgIpc) is 2.81. The summed E-state index contributed by atoms with van der Waals surface area (Å²) in [5, 5.41) is 4.28. The van der Waals surface area contributed by atoms with Gasteiger partial charge in [0.1, 0.15) is 5.54 Å². The number of amides is 4. The van der Waals surface area contributed by atoms with Crippen LogP contribution in [0.4, 0.5) is 4.79 Å². The fourth-order valence-electron chi connectivity index (χ4n) is 3.22. The van der Waals surface area contributed by atoms with E-state index in [1.54, 1.807) is 12.1 Å². The number of rotatable bonds is 5. The molecule has 2 aliphatic rings. The minimum absolute atomic E-state index is 0.159. The number of imide groups is 1. The Morgan fingerprint density at radius 3 is 2.56 bits per heavy atom. The van der Waals surface area contributed by atoms with Gasteiger partial charge in [-0.2, -0.15) is 5.01 Å². The lowest BCUT2D eigenvalue weighted by Crippen LogP contribution is -2.51. The Kier molecular flexibility index (Phi) is 5.54. The van der Waals surface area contributed by atoms with Gasteiger partial charge in [-0.05, 0) is 30.5 Å². The summed E-state index contributed by atoms with van der Waals surface area (Å²) in [6, 6.07) is 6.86. The zero-order valence-electron chi connectivity index (χ0n) is 13.7. The summed E-state index contributed by atoms with van der Waals surface area (Å²) in [6.07, 6.45) is 4.15. The molecule has 4 amide bonds. The molecule has 0 atom stereocenters. The van der Waals surface area contributed by atoms with Gasteiger partial charge in [0.15, 0.2) is 0 Å². The first kappa shape index (κ1) is 18.1. The Morgan fingerprint density at radius 1 is 1.20 bits per heavy atom. The van der Waals surface area contributed by atoms with Gasteiger partial charge >= 0.3 is 6.03 Å². The monoisotopic (exact) mass is 381 g/mol. The van der Waals surface area contributed by atoms with Crippen molar-refractivity contribution < 1.29 is 14.4 Å². The van der Waals surface area contributed by atoms with Crippen molar-refractivity contribution in [3.8, 4) is 0 Å². The molecule has 1 saturated carbocycles. The molecule has 8 heteroatoms. The van der Waals surface area contributed by atoms with Crippen molar-refractivity contribution in [2.75, 3.05) is 5.75 Å². The Bertz CT molecular complexity index is 674. The zero-order valence-corrected chi connectivity index (χ0v) is 15.3. The minimum atomic E-state index is -0.820. The highest BCUT2D eigenvalue weighted by Crippen LogP contribution is 2.33. The highest BCUT2D eigenvalue weighted by molar-refractivity contribution is 7.99. The van der Waals surface area contributed by atoms with Gasteiger partial charge in [0.25, 0.3) is 5.91 Å². The van der Waals surface area contributed by atoms with Crippen LogP contribution in [0.2, 0.25) is 5.02 Å². The van der Waals surface area contributed by atoms with Crippen molar-refractivity contribution in [3.63, 3.8) is 0 Å². The molecule has 1 heterocycles. The summed E-state index contributed by atoms with van der Waals surface area (Å²) in [5.74, 6) is 0.102. The molecule has 0 unspecified atom stereocenters. The van der Waals surface area contributed by atoms with Gasteiger partial charge in [-0.3, -0.25) is 15.0 Å².